The number of phenolic OH excluding ortho intramolecular Hbond substituents is 1. The van der Waals surface area contributed by atoms with Gasteiger partial charge in [0.1, 0.15) is 10.2 Å². The van der Waals surface area contributed by atoms with E-state index in [4.69, 9.17) is 10.2 Å². The predicted molar refractivity (Wildman–Crippen MR) is 52.6 cm³/mol. The Morgan fingerprint density at radius 2 is 2.15 bits per heavy atom. The van der Waals surface area contributed by atoms with Crippen LogP contribution in [0.2, 0.25) is 0 Å². The molecular formula is C9H7BrO3. The molecular weight excluding hydrogens is 236 g/mol. The van der Waals surface area contributed by atoms with Crippen LogP contribution in [0.4, 0.5) is 0 Å². The lowest BCUT2D eigenvalue weighted by molar-refractivity contribution is -0.131. The summed E-state index contributed by atoms with van der Waals surface area (Å²) >= 11 is 2.88. The second kappa shape index (κ2) is 4.09. The molecule has 0 bridgehead atoms. The highest BCUT2D eigenvalue weighted by atomic mass is 79.9. The molecule has 1 aromatic carbocycles. The minimum atomic E-state index is -1.04. The van der Waals surface area contributed by atoms with E-state index in [0.29, 0.717) is 5.56 Å². The topological polar surface area (TPSA) is 57.5 Å². The summed E-state index contributed by atoms with van der Waals surface area (Å²) in [5.74, 6) is -0.928. The minimum Gasteiger partial charge on any atom is -0.508 e. The fourth-order valence-corrected chi connectivity index (χ4v) is 1.09. The largest absolute Gasteiger partial charge is 0.508 e. The van der Waals surface area contributed by atoms with Gasteiger partial charge in [0, 0.05) is 0 Å². The first-order valence-corrected chi connectivity index (χ1v) is 4.28. The molecule has 1 rings (SSSR count). The van der Waals surface area contributed by atoms with Crippen LogP contribution in [0.15, 0.2) is 28.7 Å². The number of hydrogen-bond acceptors (Lipinski definition) is 2. The molecule has 0 unspecified atom stereocenters. The molecule has 0 saturated heterocycles. The molecule has 2 N–H and O–H groups in total. The Labute approximate surface area is 83.5 Å². The van der Waals surface area contributed by atoms with E-state index >= 15 is 0 Å². The number of carboxylic acids is 1. The number of phenols is 1. The maximum atomic E-state index is 10.4. The number of carboxylic acid groups (broad SMARTS) is 1. The molecule has 1 aromatic rings. The lowest BCUT2D eigenvalue weighted by Gasteiger charge is -1.95. The van der Waals surface area contributed by atoms with Crippen molar-refractivity contribution in [3.8, 4) is 5.75 Å². The summed E-state index contributed by atoms with van der Waals surface area (Å²) in [5.41, 5.74) is 0.634. The van der Waals surface area contributed by atoms with Crippen molar-refractivity contribution in [2.24, 2.45) is 0 Å². The molecule has 4 heteroatoms. The first-order valence-electron chi connectivity index (χ1n) is 3.49. The first kappa shape index (κ1) is 9.80. The van der Waals surface area contributed by atoms with Crippen molar-refractivity contribution >= 4 is 28.0 Å². The number of halogens is 1. The van der Waals surface area contributed by atoms with Crippen LogP contribution in [0.1, 0.15) is 5.56 Å². The van der Waals surface area contributed by atoms with Crippen LogP contribution in [0.3, 0.4) is 0 Å². The Morgan fingerprint density at radius 1 is 1.46 bits per heavy atom. The summed E-state index contributed by atoms with van der Waals surface area (Å²) in [5, 5.41) is 17.6. The number of aromatic hydroxyl groups is 1. The van der Waals surface area contributed by atoms with Crippen LogP contribution < -0.4 is 0 Å². The third kappa shape index (κ3) is 2.91. The summed E-state index contributed by atoms with van der Waals surface area (Å²) in [6, 6.07) is 6.34. The van der Waals surface area contributed by atoms with E-state index in [1.807, 2.05) is 0 Å². The van der Waals surface area contributed by atoms with Crippen LogP contribution >= 0.6 is 15.9 Å². The standard InChI is InChI=1S/C9H7BrO3/c10-8(9(12)13)5-6-2-1-3-7(11)4-6/h1-5,11H,(H,12,13)/b8-5-. The Hall–Kier alpha value is -1.29. The van der Waals surface area contributed by atoms with Gasteiger partial charge in [-0.3, -0.25) is 0 Å². The SMILES string of the molecule is O=C(O)/C(Br)=C/c1cccc(O)c1. The zero-order chi connectivity index (χ0) is 9.84. The van der Waals surface area contributed by atoms with Gasteiger partial charge in [-0.25, -0.2) is 4.79 Å². The summed E-state index contributed by atoms with van der Waals surface area (Å²) in [4.78, 5) is 10.4. The molecule has 0 spiro atoms. The van der Waals surface area contributed by atoms with E-state index in [1.54, 1.807) is 12.1 Å². The molecule has 0 fully saturated rings. The van der Waals surface area contributed by atoms with E-state index < -0.39 is 5.97 Å². The Kier molecular flexibility index (Phi) is 3.08. The molecule has 0 aromatic heterocycles. The van der Waals surface area contributed by atoms with Crippen molar-refractivity contribution < 1.29 is 15.0 Å². The maximum Gasteiger partial charge on any atom is 0.342 e. The summed E-state index contributed by atoms with van der Waals surface area (Å²) in [6.45, 7) is 0. The molecule has 0 saturated carbocycles. The van der Waals surface area contributed by atoms with Crippen molar-refractivity contribution in [2.45, 2.75) is 0 Å². The summed E-state index contributed by atoms with van der Waals surface area (Å²) in [7, 11) is 0. The molecule has 68 valence electrons. The Morgan fingerprint density at radius 3 is 2.69 bits per heavy atom. The molecule has 0 atom stereocenters. The highest BCUT2D eigenvalue weighted by Crippen LogP contribution is 2.16. The van der Waals surface area contributed by atoms with Crippen molar-refractivity contribution in [3.63, 3.8) is 0 Å². The number of hydrogen-bond donors (Lipinski definition) is 2. The van der Waals surface area contributed by atoms with E-state index in [9.17, 15) is 4.79 Å². The maximum absolute atomic E-state index is 10.4. The monoisotopic (exact) mass is 242 g/mol. The van der Waals surface area contributed by atoms with E-state index in [-0.39, 0.29) is 10.2 Å². The number of rotatable bonds is 2. The smallest absolute Gasteiger partial charge is 0.342 e. The highest BCUT2D eigenvalue weighted by molar-refractivity contribution is 9.12. The van der Waals surface area contributed by atoms with Gasteiger partial charge in [-0.1, -0.05) is 12.1 Å². The van der Waals surface area contributed by atoms with Gasteiger partial charge in [-0.2, -0.15) is 0 Å². The van der Waals surface area contributed by atoms with Gasteiger partial charge < -0.3 is 10.2 Å². The minimum absolute atomic E-state index is 0.0538. The lowest BCUT2D eigenvalue weighted by atomic mass is 10.2. The quantitative estimate of drug-likeness (QED) is 0.783. The molecule has 0 amide bonds. The van der Waals surface area contributed by atoms with E-state index in [1.165, 1.54) is 18.2 Å². The molecule has 0 aliphatic rings. The fraction of sp³-hybridized carbons (Fsp3) is 0. The highest BCUT2D eigenvalue weighted by Gasteiger charge is 2.01. The van der Waals surface area contributed by atoms with E-state index in [0.717, 1.165) is 0 Å². The first-order chi connectivity index (χ1) is 6.09. The van der Waals surface area contributed by atoms with Crippen LogP contribution in [0.5, 0.6) is 5.75 Å². The third-order valence-electron chi connectivity index (χ3n) is 1.37. The van der Waals surface area contributed by atoms with Crippen molar-refractivity contribution in [3.05, 3.63) is 34.3 Å². The van der Waals surface area contributed by atoms with Crippen LogP contribution in [0, 0.1) is 0 Å². The average Bonchev–Trinajstić information content (AvgIpc) is 2.04. The molecule has 13 heavy (non-hydrogen) atoms. The van der Waals surface area contributed by atoms with Crippen molar-refractivity contribution in [1.82, 2.24) is 0 Å². The second-order valence-electron chi connectivity index (χ2n) is 2.39. The van der Waals surface area contributed by atoms with Crippen LogP contribution in [-0.2, 0) is 4.79 Å². The average molecular weight is 243 g/mol. The van der Waals surface area contributed by atoms with Crippen LogP contribution in [0.25, 0.3) is 6.08 Å². The molecule has 0 heterocycles. The van der Waals surface area contributed by atoms with Gasteiger partial charge in [-0.15, -0.1) is 0 Å². The number of benzene rings is 1. The summed E-state index contributed by atoms with van der Waals surface area (Å²) < 4.78 is 0.0538. The number of aliphatic carboxylic acids is 1. The number of carbonyl (C=O) groups is 1. The Balaban J connectivity index is 2.97. The molecule has 0 aliphatic heterocycles. The molecule has 0 aliphatic carbocycles. The fourth-order valence-electron chi connectivity index (χ4n) is 0.823. The Bertz CT molecular complexity index is 358. The zero-order valence-electron chi connectivity index (χ0n) is 6.57. The zero-order valence-corrected chi connectivity index (χ0v) is 8.15. The van der Waals surface area contributed by atoms with Crippen molar-refractivity contribution in [1.29, 1.82) is 0 Å². The van der Waals surface area contributed by atoms with Gasteiger partial charge >= 0.3 is 5.97 Å². The second-order valence-corrected chi connectivity index (χ2v) is 3.25. The van der Waals surface area contributed by atoms with Gasteiger partial charge in [-0.05, 0) is 39.7 Å². The lowest BCUT2D eigenvalue weighted by Crippen LogP contribution is -1.92. The van der Waals surface area contributed by atoms with Crippen LogP contribution in [-0.4, -0.2) is 16.2 Å². The predicted octanol–water partition coefficient (Wildman–Crippen LogP) is 2.21. The molecule has 0 radical (unpaired) electrons. The van der Waals surface area contributed by atoms with Gasteiger partial charge in [0.05, 0.1) is 0 Å². The van der Waals surface area contributed by atoms with Gasteiger partial charge in [0.25, 0.3) is 0 Å². The molecule has 3 nitrogen and oxygen atoms in total. The van der Waals surface area contributed by atoms with E-state index in [2.05, 4.69) is 15.9 Å². The van der Waals surface area contributed by atoms with Gasteiger partial charge in [0.15, 0.2) is 0 Å². The summed E-state index contributed by atoms with van der Waals surface area (Å²) in [6.07, 6.45) is 1.42. The van der Waals surface area contributed by atoms with Gasteiger partial charge in [0.2, 0.25) is 0 Å². The normalized spacial score (nSPS) is 11.3. The third-order valence-corrected chi connectivity index (χ3v) is 1.94. The van der Waals surface area contributed by atoms with Crippen molar-refractivity contribution in [2.75, 3.05) is 0 Å².